The van der Waals surface area contributed by atoms with Gasteiger partial charge in [-0.15, -0.1) is 11.3 Å². The van der Waals surface area contributed by atoms with E-state index in [1.54, 1.807) is 11.3 Å². The first-order valence-electron chi connectivity index (χ1n) is 5.18. The highest BCUT2D eigenvalue weighted by molar-refractivity contribution is 7.12. The van der Waals surface area contributed by atoms with Gasteiger partial charge in [-0.05, 0) is 37.3 Å². The number of carboxylic acid groups (broad SMARTS) is 1. The van der Waals surface area contributed by atoms with Crippen LogP contribution in [-0.2, 0) is 17.6 Å². The van der Waals surface area contributed by atoms with E-state index in [1.807, 2.05) is 6.07 Å². The van der Waals surface area contributed by atoms with Gasteiger partial charge in [0.1, 0.15) is 0 Å². The molecule has 0 amide bonds. The fourth-order valence-electron chi connectivity index (χ4n) is 1.94. The van der Waals surface area contributed by atoms with Crippen molar-refractivity contribution in [3.05, 3.63) is 21.4 Å². The monoisotopic (exact) mass is 226 g/mol. The zero-order chi connectivity index (χ0) is 10.8. The maximum absolute atomic E-state index is 10.5. The van der Waals surface area contributed by atoms with Crippen molar-refractivity contribution in [3.63, 3.8) is 0 Å². The van der Waals surface area contributed by atoms with Crippen LogP contribution in [0.25, 0.3) is 0 Å². The minimum absolute atomic E-state index is 0.195. The molecule has 2 N–H and O–H groups in total. The average molecular weight is 226 g/mol. The van der Waals surface area contributed by atoms with Gasteiger partial charge in [0.2, 0.25) is 0 Å². The number of carbonyl (C=O) groups is 1. The molecule has 2 rings (SSSR count). The minimum Gasteiger partial charge on any atom is -0.481 e. The molecule has 0 saturated heterocycles. The average Bonchev–Trinajstić information content (AvgIpc) is 2.59. The van der Waals surface area contributed by atoms with Crippen molar-refractivity contribution in [2.75, 3.05) is 0 Å². The lowest BCUT2D eigenvalue weighted by Gasteiger charge is -2.08. The fraction of sp³-hybridized carbons (Fsp3) is 0.545. The van der Waals surface area contributed by atoms with Crippen LogP contribution in [-0.4, -0.2) is 16.2 Å². The first-order valence-corrected chi connectivity index (χ1v) is 6.00. The number of thiophene rings is 1. The predicted molar refractivity (Wildman–Crippen MR) is 58.2 cm³/mol. The van der Waals surface area contributed by atoms with Crippen LogP contribution in [0, 0.1) is 0 Å². The number of aliphatic hydroxyl groups is 1. The van der Waals surface area contributed by atoms with Gasteiger partial charge >= 0.3 is 5.97 Å². The van der Waals surface area contributed by atoms with Crippen LogP contribution in [0.3, 0.4) is 0 Å². The molecule has 0 aliphatic heterocycles. The number of aryl methyl sites for hydroxylation is 2. The SMILES string of the molecule is O=C(O)CC(O)c1cc2c(s1)CCCC2. The summed E-state index contributed by atoms with van der Waals surface area (Å²) in [6, 6.07) is 1.98. The van der Waals surface area contributed by atoms with Crippen LogP contribution in [0.5, 0.6) is 0 Å². The van der Waals surface area contributed by atoms with Gasteiger partial charge in [-0.1, -0.05) is 0 Å². The quantitative estimate of drug-likeness (QED) is 0.830. The summed E-state index contributed by atoms with van der Waals surface area (Å²) in [4.78, 5) is 12.6. The van der Waals surface area contributed by atoms with Crippen molar-refractivity contribution < 1.29 is 15.0 Å². The highest BCUT2D eigenvalue weighted by Gasteiger charge is 2.19. The molecule has 1 aromatic heterocycles. The molecule has 3 nitrogen and oxygen atoms in total. The summed E-state index contributed by atoms with van der Waals surface area (Å²) in [6.07, 6.45) is 3.54. The molecule has 1 aliphatic rings. The van der Waals surface area contributed by atoms with E-state index in [4.69, 9.17) is 5.11 Å². The van der Waals surface area contributed by atoms with Crippen molar-refractivity contribution in [1.29, 1.82) is 0 Å². The Kier molecular flexibility index (Phi) is 3.07. The molecule has 15 heavy (non-hydrogen) atoms. The molecule has 1 heterocycles. The zero-order valence-corrected chi connectivity index (χ0v) is 9.22. The van der Waals surface area contributed by atoms with Crippen molar-refractivity contribution in [3.8, 4) is 0 Å². The lowest BCUT2D eigenvalue weighted by Crippen LogP contribution is -2.03. The minimum atomic E-state index is -0.950. The maximum Gasteiger partial charge on any atom is 0.306 e. The fourth-order valence-corrected chi connectivity index (χ4v) is 3.19. The summed E-state index contributed by atoms with van der Waals surface area (Å²) in [5.41, 5.74) is 1.31. The van der Waals surface area contributed by atoms with Crippen molar-refractivity contribution >= 4 is 17.3 Å². The summed E-state index contributed by atoms with van der Waals surface area (Å²) in [6.45, 7) is 0. The molecule has 1 aromatic rings. The molecular weight excluding hydrogens is 212 g/mol. The zero-order valence-electron chi connectivity index (χ0n) is 8.40. The molecule has 1 aliphatic carbocycles. The summed E-state index contributed by atoms with van der Waals surface area (Å²) < 4.78 is 0. The summed E-state index contributed by atoms with van der Waals surface area (Å²) in [7, 11) is 0. The van der Waals surface area contributed by atoms with Gasteiger partial charge in [-0.3, -0.25) is 4.79 Å². The van der Waals surface area contributed by atoms with E-state index in [0.29, 0.717) is 0 Å². The Morgan fingerprint density at radius 3 is 2.87 bits per heavy atom. The third-order valence-corrected chi connectivity index (χ3v) is 4.05. The number of hydrogen-bond donors (Lipinski definition) is 2. The van der Waals surface area contributed by atoms with Crippen LogP contribution in [0.4, 0.5) is 0 Å². The van der Waals surface area contributed by atoms with Crippen molar-refractivity contribution in [1.82, 2.24) is 0 Å². The van der Waals surface area contributed by atoms with Crippen LogP contribution in [0.15, 0.2) is 6.07 Å². The Labute approximate surface area is 92.4 Å². The number of carboxylic acids is 1. The topological polar surface area (TPSA) is 57.5 Å². The lowest BCUT2D eigenvalue weighted by molar-refractivity contribution is -0.139. The number of aliphatic hydroxyl groups excluding tert-OH is 1. The van der Waals surface area contributed by atoms with E-state index in [2.05, 4.69) is 0 Å². The van der Waals surface area contributed by atoms with E-state index >= 15 is 0 Å². The van der Waals surface area contributed by atoms with Crippen LogP contribution in [0.1, 0.15) is 40.7 Å². The Morgan fingerprint density at radius 1 is 1.47 bits per heavy atom. The molecule has 0 spiro atoms. The number of rotatable bonds is 3. The van der Waals surface area contributed by atoms with Gasteiger partial charge in [0.05, 0.1) is 12.5 Å². The molecule has 0 bridgehead atoms. The molecule has 1 atom stereocenters. The Hall–Kier alpha value is -0.870. The van der Waals surface area contributed by atoms with E-state index in [9.17, 15) is 9.90 Å². The first-order chi connectivity index (χ1) is 7.16. The number of aliphatic carboxylic acids is 1. The maximum atomic E-state index is 10.5. The van der Waals surface area contributed by atoms with Gasteiger partial charge in [0.15, 0.2) is 0 Å². The Balaban J connectivity index is 2.15. The highest BCUT2D eigenvalue weighted by Crippen LogP contribution is 2.33. The second-order valence-electron chi connectivity index (χ2n) is 3.92. The van der Waals surface area contributed by atoms with E-state index in [-0.39, 0.29) is 6.42 Å². The summed E-state index contributed by atoms with van der Waals surface area (Å²) in [5, 5.41) is 18.3. The highest BCUT2D eigenvalue weighted by atomic mass is 32.1. The first kappa shape index (κ1) is 10.6. The van der Waals surface area contributed by atoms with E-state index in [0.717, 1.165) is 17.7 Å². The molecule has 0 radical (unpaired) electrons. The van der Waals surface area contributed by atoms with Gasteiger partial charge in [-0.25, -0.2) is 0 Å². The number of hydrogen-bond acceptors (Lipinski definition) is 3. The third kappa shape index (κ3) is 2.38. The molecule has 0 aromatic carbocycles. The summed E-state index contributed by atoms with van der Waals surface area (Å²) >= 11 is 1.57. The van der Waals surface area contributed by atoms with E-state index in [1.165, 1.54) is 23.3 Å². The van der Waals surface area contributed by atoms with Crippen LogP contribution >= 0.6 is 11.3 Å². The standard InChI is InChI=1S/C11H14O3S/c12-8(6-11(13)14)10-5-7-3-1-2-4-9(7)15-10/h5,8,12H,1-4,6H2,(H,13,14). The lowest BCUT2D eigenvalue weighted by atomic mass is 9.99. The normalized spacial score (nSPS) is 17.1. The van der Waals surface area contributed by atoms with Crippen LogP contribution < -0.4 is 0 Å². The van der Waals surface area contributed by atoms with Crippen molar-refractivity contribution in [2.45, 2.75) is 38.2 Å². The van der Waals surface area contributed by atoms with Crippen LogP contribution in [0.2, 0.25) is 0 Å². The Morgan fingerprint density at radius 2 is 2.20 bits per heavy atom. The molecule has 0 fully saturated rings. The van der Waals surface area contributed by atoms with Gasteiger partial charge in [0, 0.05) is 9.75 Å². The molecule has 0 saturated carbocycles. The molecule has 1 unspecified atom stereocenters. The Bertz CT molecular complexity index is 346. The number of fused-ring (bicyclic) bond motifs is 1. The largest absolute Gasteiger partial charge is 0.481 e. The molecular formula is C11H14O3S. The predicted octanol–water partition coefficient (Wildman–Crippen LogP) is 2.13. The second-order valence-corrected chi connectivity index (χ2v) is 5.09. The second kappa shape index (κ2) is 4.33. The van der Waals surface area contributed by atoms with Gasteiger partial charge in [-0.2, -0.15) is 0 Å². The third-order valence-electron chi connectivity index (χ3n) is 2.71. The van der Waals surface area contributed by atoms with Gasteiger partial charge in [0.25, 0.3) is 0 Å². The van der Waals surface area contributed by atoms with Crippen molar-refractivity contribution in [2.24, 2.45) is 0 Å². The van der Waals surface area contributed by atoms with E-state index < -0.39 is 12.1 Å². The van der Waals surface area contributed by atoms with Gasteiger partial charge < -0.3 is 10.2 Å². The molecule has 4 heteroatoms. The smallest absolute Gasteiger partial charge is 0.306 e. The molecule has 82 valence electrons. The summed E-state index contributed by atoms with van der Waals surface area (Å²) in [5.74, 6) is -0.950.